The van der Waals surface area contributed by atoms with Gasteiger partial charge in [-0.25, -0.2) is 4.98 Å². The van der Waals surface area contributed by atoms with E-state index < -0.39 is 6.10 Å². The second-order valence-corrected chi connectivity index (χ2v) is 4.65. The molecule has 1 N–H and O–H groups in total. The summed E-state index contributed by atoms with van der Waals surface area (Å²) < 4.78 is 7.24. The zero-order chi connectivity index (χ0) is 11.3. The molecule has 0 saturated carbocycles. The van der Waals surface area contributed by atoms with Crippen LogP contribution in [0.3, 0.4) is 0 Å². The molecule has 1 aromatic heterocycles. The minimum absolute atomic E-state index is 0.165. The number of aliphatic hydroxyl groups excluding tert-OH is 1. The van der Waals surface area contributed by atoms with Crippen molar-refractivity contribution in [3.8, 4) is 0 Å². The fraction of sp³-hybridized carbons (Fsp3) is 0.700. The van der Waals surface area contributed by atoms with E-state index in [1.54, 1.807) is 6.20 Å². The Hall–Kier alpha value is -0.520. The molecule has 0 amide bonds. The van der Waals surface area contributed by atoms with Gasteiger partial charge in [-0.05, 0) is 13.8 Å². The first-order valence-corrected chi connectivity index (χ1v) is 5.98. The third-order valence-corrected chi connectivity index (χ3v) is 3.01. The van der Waals surface area contributed by atoms with Crippen molar-refractivity contribution >= 4 is 11.8 Å². The van der Waals surface area contributed by atoms with E-state index in [2.05, 4.69) is 4.98 Å². The molecule has 0 radical (unpaired) electrons. The fourth-order valence-corrected chi connectivity index (χ4v) is 1.85. The highest BCUT2D eigenvalue weighted by Gasteiger charge is 2.08. The molecule has 0 saturated heterocycles. The van der Waals surface area contributed by atoms with E-state index in [0.717, 1.165) is 5.16 Å². The molecule has 0 aromatic carbocycles. The first kappa shape index (κ1) is 12.5. The van der Waals surface area contributed by atoms with E-state index in [9.17, 15) is 5.11 Å². The maximum absolute atomic E-state index is 9.60. The Morgan fingerprint density at radius 3 is 2.87 bits per heavy atom. The number of imidazole rings is 1. The minimum Gasteiger partial charge on any atom is -0.390 e. The number of hydrogen-bond acceptors (Lipinski definition) is 4. The molecule has 0 aliphatic rings. The quantitative estimate of drug-likeness (QED) is 0.748. The molecular formula is C10H18N2O2S. The Bertz CT molecular complexity index is 289. The van der Waals surface area contributed by atoms with Crippen LogP contribution in [0.4, 0.5) is 0 Å². The average Bonchev–Trinajstić information content (AvgIpc) is 2.58. The Morgan fingerprint density at radius 1 is 1.60 bits per heavy atom. The standard InChI is InChI=1S/C10H18N2O2S/c1-8(2)14-6-9(13)7-15-10-11-4-5-12(10)3/h4-5,8-9,13H,6-7H2,1-3H3. The van der Waals surface area contributed by atoms with Crippen molar-refractivity contribution in [1.29, 1.82) is 0 Å². The summed E-state index contributed by atoms with van der Waals surface area (Å²) in [5, 5.41) is 10.5. The Morgan fingerprint density at radius 2 is 2.33 bits per heavy atom. The number of hydrogen-bond donors (Lipinski definition) is 1. The molecular weight excluding hydrogens is 212 g/mol. The number of aryl methyl sites for hydroxylation is 1. The van der Waals surface area contributed by atoms with Crippen molar-refractivity contribution in [2.45, 2.75) is 31.2 Å². The molecule has 0 aliphatic carbocycles. The maximum atomic E-state index is 9.60. The van der Waals surface area contributed by atoms with E-state index in [-0.39, 0.29) is 6.10 Å². The predicted molar refractivity (Wildman–Crippen MR) is 61.0 cm³/mol. The van der Waals surface area contributed by atoms with Gasteiger partial charge in [-0.15, -0.1) is 0 Å². The van der Waals surface area contributed by atoms with Gasteiger partial charge in [0.2, 0.25) is 0 Å². The van der Waals surface area contributed by atoms with Gasteiger partial charge in [0, 0.05) is 25.2 Å². The van der Waals surface area contributed by atoms with Crippen molar-refractivity contribution < 1.29 is 9.84 Å². The summed E-state index contributed by atoms with van der Waals surface area (Å²) >= 11 is 1.54. The van der Waals surface area contributed by atoms with Gasteiger partial charge in [-0.2, -0.15) is 0 Å². The van der Waals surface area contributed by atoms with Gasteiger partial charge in [0.05, 0.1) is 18.8 Å². The van der Waals surface area contributed by atoms with Crippen LogP contribution in [0.1, 0.15) is 13.8 Å². The normalized spacial score (nSPS) is 13.4. The Labute approximate surface area is 94.7 Å². The van der Waals surface area contributed by atoms with Crippen LogP contribution in [-0.2, 0) is 11.8 Å². The Kier molecular flexibility index (Phi) is 5.14. The Balaban J connectivity index is 2.22. The van der Waals surface area contributed by atoms with Crippen LogP contribution < -0.4 is 0 Å². The van der Waals surface area contributed by atoms with Gasteiger partial charge in [0.25, 0.3) is 0 Å². The molecule has 5 heteroatoms. The van der Waals surface area contributed by atoms with Crippen molar-refractivity contribution in [3.05, 3.63) is 12.4 Å². The first-order chi connectivity index (χ1) is 7.09. The zero-order valence-electron chi connectivity index (χ0n) is 9.38. The second-order valence-electron chi connectivity index (χ2n) is 3.67. The summed E-state index contributed by atoms with van der Waals surface area (Å²) in [6.45, 7) is 4.30. The first-order valence-electron chi connectivity index (χ1n) is 4.99. The smallest absolute Gasteiger partial charge is 0.167 e. The number of rotatable bonds is 6. The fourth-order valence-electron chi connectivity index (χ4n) is 1.01. The summed E-state index contributed by atoms with van der Waals surface area (Å²) in [5.41, 5.74) is 0. The van der Waals surface area contributed by atoms with Crippen LogP contribution in [0.2, 0.25) is 0 Å². The molecule has 0 fully saturated rings. The summed E-state index contributed by atoms with van der Waals surface area (Å²) in [6, 6.07) is 0. The lowest BCUT2D eigenvalue weighted by Gasteiger charge is -2.12. The van der Waals surface area contributed by atoms with Gasteiger partial charge < -0.3 is 14.4 Å². The summed E-state index contributed by atoms with van der Waals surface area (Å²) in [4.78, 5) is 4.16. The molecule has 86 valence electrons. The molecule has 15 heavy (non-hydrogen) atoms. The monoisotopic (exact) mass is 230 g/mol. The molecule has 0 aliphatic heterocycles. The van der Waals surface area contributed by atoms with Crippen molar-refractivity contribution in [3.63, 3.8) is 0 Å². The summed E-state index contributed by atoms with van der Waals surface area (Å²) in [5.74, 6) is 0.609. The minimum atomic E-state index is -0.436. The average molecular weight is 230 g/mol. The topological polar surface area (TPSA) is 47.3 Å². The number of aromatic nitrogens is 2. The van der Waals surface area contributed by atoms with Gasteiger partial charge in [-0.3, -0.25) is 0 Å². The largest absolute Gasteiger partial charge is 0.390 e. The number of nitrogens with zero attached hydrogens (tertiary/aromatic N) is 2. The lowest BCUT2D eigenvalue weighted by atomic mass is 10.4. The lowest BCUT2D eigenvalue weighted by Crippen LogP contribution is -2.20. The molecule has 1 unspecified atom stereocenters. The highest BCUT2D eigenvalue weighted by molar-refractivity contribution is 7.99. The lowest BCUT2D eigenvalue weighted by molar-refractivity contribution is 0.0152. The van der Waals surface area contributed by atoms with Crippen molar-refractivity contribution in [2.24, 2.45) is 7.05 Å². The van der Waals surface area contributed by atoms with Crippen LogP contribution in [-0.4, -0.2) is 39.2 Å². The van der Waals surface area contributed by atoms with E-state index in [1.807, 2.05) is 31.7 Å². The number of ether oxygens (including phenoxy) is 1. The van der Waals surface area contributed by atoms with Crippen LogP contribution >= 0.6 is 11.8 Å². The molecule has 0 spiro atoms. The molecule has 1 atom stereocenters. The van der Waals surface area contributed by atoms with Crippen molar-refractivity contribution in [2.75, 3.05) is 12.4 Å². The molecule has 4 nitrogen and oxygen atoms in total. The molecule has 1 heterocycles. The predicted octanol–water partition coefficient (Wildman–Crippen LogP) is 1.30. The highest BCUT2D eigenvalue weighted by Crippen LogP contribution is 2.15. The van der Waals surface area contributed by atoms with Gasteiger partial charge in [0.15, 0.2) is 5.16 Å². The summed E-state index contributed by atoms with van der Waals surface area (Å²) in [6.07, 6.45) is 3.37. The molecule has 0 bridgehead atoms. The SMILES string of the molecule is CC(C)OCC(O)CSc1nccn1C. The third kappa shape index (κ3) is 4.68. The van der Waals surface area contributed by atoms with E-state index >= 15 is 0 Å². The van der Waals surface area contributed by atoms with E-state index in [1.165, 1.54) is 11.8 Å². The van der Waals surface area contributed by atoms with Gasteiger partial charge in [0.1, 0.15) is 0 Å². The van der Waals surface area contributed by atoms with Crippen LogP contribution in [0.25, 0.3) is 0 Å². The third-order valence-electron chi connectivity index (χ3n) is 1.80. The van der Waals surface area contributed by atoms with Gasteiger partial charge in [-0.1, -0.05) is 11.8 Å². The molecule has 1 rings (SSSR count). The highest BCUT2D eigenvalue weighted by atomic mass is 32.2. The molecule has 1 aromatic rings. The number of thioether (sulfide) groups is 1. The second kappa shape index (κ2) is 6.15. The zero-order valence-corrected chi connectivity index (χ0v) is 10.2. The van der Waals surface area contributed by atoms with Crippen LogP contribution in [0.5, 0.6) is 0 Å². The van der Waals surface area contributed by atoms with Gasteiger partial charge >= 0.3 is 0 Å². The van der Waals surface area contributed by atoms with E-state index in [0.29, 0.717) is 12.4 Å². The van der Waals surface area contributed by atoms with Crippen LogP contribution in [0.15, 0.2) is 17.6 Å². The van der Waals surface area contributed by atoms with E-state index in [4.69, 9.17) is 4.74 Å². The summed E-state index contributed by atoms with van der Waals surface area (Å²) in [7, 11) is 1.94. The maximum Gasteiger partial charge on any atom is 0.167 e. The van der Waals surface area contributed by atoms with Crippen LogP contribution in [0, 0.1) is 0 Å². The van der Waals surface area contributed by atoms with Crippen molar-refractivity contribution in [1.82, 2.24) is 9.55 Å². The number of aliphatic hydroxyl groups is 1.